The van der Waals surface area contributed by atoms with Crippen LogP contribution in [-0.4, -0.2) is 37.6 Å². The number of hydrogen-bond donors (Lipinski definition) is 1. The molecule has 0 fully saturated rings. The standard InChI is InChI=1S/C21H39NO5/c1-6-8-9-10-11-12-13-14-15-16-17(23)22-18(19(24)27-7-2)21(3,4)20(25)26-5/h18H,6-16H2,1-5H3,(H,22,23)/t18-/m0/s1. The molecule has 0 heterocycles. The van der Waals surface area contributed by atoms with Crippen LogP contribution in [0.2, 0.25) is 0 Å². The van der Waals surface area contributed by atoms with Crippen LogP contribution < -0.4 is 5.32 Å². The number of nitrogens with one attached hydrogen (secondary N) is 1. The number of rotatable bonds is 15. The quantitative estimate of drug-likeness (QED) is 0.338. The van der Waals surface area contributed by atoms with E-state index in [0.717, 1.165) is 19.3 Å². The van der Waals surface area contributed by atoms with E-state index in [1.165, 1.54) is 45.6 Å². The van der Waals surface area contributed by atoms with Crippen LogP contribution in [-0.2, 0) is 23.9 Å². The van der Waals surface area contributed by atoms with Crippen molar-refractivity contribution < 1.29 is 23.9 Å². The van der Waals surface area contributed by atoms with E-state index < -0.39 is 23.4 Å². The molecule has 27 heavy (non-hydrogen) atoms. The van der Waals surface area contributed by atoms with E-state index in [2.05, 4.69) is 12.2 Å². The Morgan fingerprint density at radius 3 is 1.89 bits per heavy atom. The van der Waals surface area contributed by atoms with E-state index in [0.29, 0.717) is 6.42 Å². The van der Waals surface area contributed by atoms with Crippen molar-refractivity contribution >= 4 is 17.8 Å². The molecule has 0 radical (unpaired) electrons. The first-order valence-corrected chi connectivity index (χ1v) is 10.4. The van der Waals surface area contributed by atoms with Crippen molar-refractivity contribution in [2.45, 2.75) is 97.9 Å². The number of methoxy groups -OCH3 is 1. The average molecular weight is 386 g/mol. The van der Waals surface area contributed by atoms with Gasteiger partial charge < -0.3 is 14.8 Å². The molecule has 0 rings (SSSR count). The lowest BCUT2D eigenvalue weighted by Crippen LogP contribution is -2.54. The molecule has 158 valence electrons. The van der Waals surface area contributed by atoms with Crippen molar-refractivity contribution in [3.05, 3.63) is 0 Å². The molecule has 0 saturated heterocycles. The fourth-order valence-electron chi connectivity index (χ4n) is 2.97. The summed E-state index contributed by atoms with van der Waals surface area (Å²) < 4.78 is 9.79. The molecule has 0 aliphatic heterocycles. The van der Waals surface area contributed by atoms with Gasteiger partial charge in [-0.15, -0.1) is 0 Å². The maximum atomic E-state index is 12.3. The Bertz CT molecular complexity index is 448. The van der Waals surface area contributed by atoms with Crippen LogP contribution in [0.5, 0.6) is 0 Å². The summed E-state index contributed by atoms with van der Waals surface area (Å²) in [5.74, 6) is -1.43. The molecule has 1 N–H and O–H groups in total. The van der Waals surface area contributed by atoms with Crippen LogP contribution in [0.3, 0.4) is 0 Å². The fourth-order valence-corrected chi connectivity index (χ4v) is 2.97. The Morgan fingerprint density at radius 1 is 0.889 bits per heavy atom. The summed E-state index contributed by atoms with van der Waals surface area (Å²) in [4.78, 5) is 36.5. The molecule has 0 saturated carbocycles. The van der Waals surface area contributed by atoms with Crippen LogP contribution >= 0.6 is 0 Å². The molecular weight excluding hydrogens is 346 g/mol. The molecule has 0 aromatic heterocycles. The lowest BCUT2D eigenvalue weighted by Gasteiger charge is -2.30. The maximum absolute atomic E-state index is 12.3. The Kier molecular flexibility index (Phi) is 13.6. The second-order valence-electron chi connectivity index (χ2n) is 7.54. The normalized spacial score (nSPS) is 12.3. The average Bonchev–Trinajstić information content (AvgIpc) is 2.63. The molecule has 6 nitrogen and oxygen atoms in total. The van der Waals surface area contributed by atoms with E-state index in [9.17, 15) is 14.4 Å². The highest BCUT2D eigenvalue weighted by Crippen LogP contribution is 2.24. The Labute approximate surface area is 164 Å². The number of esters is 2. The van der Waals surface area contributed by atoms with Gasteiger partial charge in [0.15, 0.2) is 0 Å². The van der Waals surface area contributed by atoms with Crippen molar-refractivity contribution in [2.24, 2.45) is 5.41 Å². The first-order chi connectivity index (χ1) is 12.8. The third-order valence-electron chi connectivity index (χ3n) is 4.77. The molecule has 1 atom stereocenters. The zero-order valence-corrected chi connectivity index (χ0v) is 17.9. The molecule has 0 spiro atoms. The van der Waals surface area contributed by atoms with Gasteiger partial charge in [-0.1, -0.05) is 58.3 Å². The van der Waals surface area contributed by atoms with Crippen LogP contribution in [0.25, 0.3) is 0 Å². The second kappa shape index (κ2) is 14.5. The monoisotopic (exact) mass is 385 g/mol. The lowest BCUT2D eigenvalue weighted by atomic mass is 9.84. The van der Waals surface area contributed by atoms with Crippen LogP contribution in [0.1, 0.15) is 91.9 Å². The highest BCUT2D eigenvalue weighted by molar-refractivity contribution is 5.91. The largest absolute Gasteiger partial charge is 0.469 e. The van der Waals surface area contributed by atoms with E-state index in [4.69, 9.17) is 9.47 Å². The number of ether oxygens (including phenoxy) is 2. The van der Waals surface area contributed by atoms with Crippen LogP contribution in [0.15, 0.2) is 0 Å². The van der Waals surface area contributed by atoms with Crippen molar-refractivity contribution in [2.75, 3.05) is 13.7 Å². The van der Waals surface area contributed by atoms with Crippen molar-refractivity contribution in [3.8, 4) is 0 Å². The van der Waals surface area contributed by atoms with Crippen molar-refractivity contribution in [1.29, 1.82) is 0 Å². The van der Waals surface area contributed by atoms with Gasteiger partial charge in [0.2, 0.25) is 5.91 Å². The summed E-state index contributed by atoms with van der Waals surface area (Å²) in [6.45, 7) is 7.22. The van der Waals surface area contributed by atoms with Crippen molar-refractivity contribution in [1.82, 2.24) is 5.32 Å². The SMILES string of the molecule is CCCCCCCCCCCC(=O)N[C@@H](C(=O)OCC)C(C)(C)C(=O)OC. The number of hydrogen-bond acceptors (Lipinski definition) is 5. The molecule has 0 bridgehead atoms. The number of carbonyl (C=O) groups is 3. The maximum Gasteiger partial charge on any atom is 0.329 e. The summed E-state index contributed by atoms with van der Waals surface area (Å²) in [6.07, 6.45) is 10.8. The highest BCUT2D eigenvalue weighted by Gasteiger charge is 2.44. The fraction of sp³-hybridized carbons (Fsp3) is 0.857. The molecular formula is C21H39NO5. The van der Waals surface area contributed by atoms with Gasteiger partial charge in [0.25, 0.3) is 0 Å². The third kappa shape index (κ3) is 10.4. The Hall–Kier alpha value is -1.59. The van der Waals surface area contributed by atoms with Crippen molar-refractivity contribution in [3.63, 3.8) is 0 Å². The Balaban J connectivity index is 4.33. The van der Waals surface area contributed by atoms with E-state index >= 15 is 0 Å². The highest BCUT2D eigenvalue weighted by atomic mass is 16.5. The van der Waals surface area contributed by atoms with Gasteiger partial charge in [0.05, 0.1) is 19.1 Å². The van der Waals surface area contributed by atoms with Gasteiger partial charge in [-0.25, -0.2) is 4.79 Å². The van der Waals surface area contributed by atoms with Gasteiger partial charge in [-0.3, -0.25) is 9.59 Å². The lowest BCUT2D eigenvalue weighted by molar-refractivity contribution is -0.162. The van der Waals surface area contributed by atoms with Gasteiger partial charge in [0.1, 0.15) is 6.04 Å². The summed E-state index contributed by atoms with van der Waals surface area (Å²) in [6, 6.07) is -1.06. The second-order valence-corrected chi connectivity index (χ2v) is 7.54. The zero-order chi connectivity index (χ0) is 20.7. The molecule has 0 aliphatic rings. The summed E-state index contributed by atoms with van der Waals surface area (Å²) in [5.41, 5.74) is -1.20. The molecule has 0 unspecified atom stereocenters. The minimum absolute atomic E-state index is 0.181. The van der Waals surface area contributed by atoms with Gasteiger partial charge in [-0.05, 0) is 27.2 Å². The Morgan fingerprint density at radius 2 is 1.41 bits per heavy atom. The zero-order valence-electron chi connectivity index (χ0n) is 17.9. The first kappa shape index (κ1) is 25.4. The molecule has 6 heteroatoms. The minimum atomic E-state index is -1.20. The van der Waals surface area contributed by atoms with Gasteiger partial charge >= 0.3 is 11.9 Å². The molecule has 1 amide bonds. The first-order valence-electron chi connectivity index (χ1n) is 10.4. The minimum Gasteiger partial charge on any atom is -0.469 e. The summed E-state index contributed by atoms with van der Waals surface area (Å²) in [5, 5.41) is 2.67. The predicted octanol–water partition coefficient (Wildman–Crippen LogP) is 4.15. The molecule has 0 aromatic rings. The third-order valence-corrected chi connectivity index (χ3v) is 4.77. The van der Waals surface area contributed by atoms with E-state index in [1.54, 1.807) is 20.8 Å². The predicted molar refractivity (Wildman–Crippen MR) is 106 cm³/mol. The smallest absolute Gasteiger partial charge is 0.329 e. The van der Waals surface area contributed by atoms with Crippen LogP contribution in [0, 0.1) is 5.41 Å². The topological polar surface area (TPSA) is 81.7 Å². The van der Waals surface area contributed by atoms with Gasteiger partial charge in [0, 0.05) is 6.42 Å². The number of unbranched alkanes of at least 4 members (excludes halogenated alkanes) is 8. The summed E-state index contributed by atoms with van der Waals surface area (Å²) in [7, 11) is 1.26. The summed E-state index contributed by atoms with van der Waals surface area (Å²) >= 11 is 0. The molecule has 0 aromatic carbocycles. The number of amides is 1. The van der Waals surface area contributed by atoms with Gasteiger partial charge in [-0.2, -0.15) is 0 Å². The van der Waals surface area contributed by atoms with Crippen LogP contribution in [0.4, 0.5) is 0 Å². The number of carbonyl (C=O) groups excluding carboxylic acids is 3. The van der Waals surface area contributed by atoms with E-state index in [-0.39, 0.29) is 12.5 Å². The molecule has 0 aliphatic carbocycles. The van der Waals surface area contributed by atoms with E-state index in [1.807, 2.05) is 0 Å².